The third-order valence-corrected chi connectivity index (χ3v) is 6.63. The number of hydrogen-bond donors (Lipinski definition) is 1. The van der Waals surface area contributed by atoms with Gasteiger partial charge in [0.2, 0.25) is 0 Å². The van der Waals surface area contributed by atoms with Gasteiger partial charge in [-0.05, 0) is 66.5 Å². The number of nitrogens with zero attached hydrogens (tertiary/aromatic N) is 3. The van der Waals surface area contributed by atoms with Crippen LogP contribution in [-0.2, 0) is 0 Å². The van der Waals surface area contributed by atoms with Crippen LogP contribution in [0.15, 0.2) is 79.0 Å². The Bertz CT molecular complexity index is 1430. The summed E-state index contributed by atoms with van der Waals surface area (Å²) in [4.78, 5) is 10.00. The Morgan fingerprint density at radius 3 is 2.53 bits per heavy atom. The number of imidazole rings is 1. The van der Waals surface area contributed by atoms with Gasteiger partial charge >= 0.3 is 0 Å². The maximum absolute atomic E-state index is 6.35. The molecule has 0 atom stereocenters. The van der Waals surface area contributed by atoms with Crippen molar-refractivity contribution in [1.82, 2.24) is 19.9 Å². The van der Waals surface area contributed by atoms with Crippen LogP contribution >= 0.6 is 11.6 Å². The van der Waals surface area contributed by atoms with Crippen LogP contribution in [0.4, 0.5) is 0 Å². The standard InChI is InChI=1S/C27H23ClN4/c28-22-7-3-6-21(17-22)26-31-25-24(20-9-8-18-4-1-2-5-19(18)16-20)12-15-30-27(25)32(26)23-10-13-29-14-11-23/h1-9,12,15-17,23,29H,10-11,13-14H2. The summed E-state index contributed by atoms with van der Waals surface area (Å²) in [5.74, 6) is 0.940. The lowest BCUT2D eigenvalue weighted by Crippen LogP contribution is -2.29. The van der Waals surface area contributed by atoms with Gasteiger partial charge in [-0.15, -0.1) is 0 Å². The van der Waals surface area contributed by atoms with Crippen LogP contribution < -0.4 is 5.32 Å². The fraction of sp³-hybridized carbons (Fsp3) is 0.185. The van der Waals surface area contributed by atoms with Crippen molar-refractivity contribution in [1.29, 1.82) is 0 Å². The second-order valence-corrected chi connectivity index (χ2v) is 8.83. The smallest absolute Gasteiger partial charge is 0.161 e. The molecule has 0 saturated carbocycles. The minimum absolute atomic E-state index is 0.356. The molecule has 2 aromatic heterocycles. The summed E-state index contributed by atoms with van der Waals surface area (Å²) >= 11 is 6.35. The van der Waals surface area contributed by atoms with E-state index >= 15 is 0 Å². The first-order valence-corrected chi connectivity index (χ1v) is 11.5. The van der Waals surface area contributed by atoms with Gasteiger partial charge in [-0.25, -0.2) is 9.97 Å². The molecule has 1 N–H and O–H groups in total. The first-order chi connectivity index (χ1) is 15.8. The number of rotatable bonds is 3. The second-order valence-electron chi connectivity index (χ2n) is 8.39. The molecule has 32 heavy (non-hydrogen) atoms. The second kappa shape index (κ2) is 8.05. The highest BCUT2D eigenvalue weighted by Crippen LogP contribution is 2.36. The summed E-state index contributed by atoms with van der Waals surface area (Å²) < 4.78 is 2.34. The number of pyridine rings is 1. The number of piperidine rings is 1. The minimum atomic E-state index is 0.356. The van der Waals surface area contributed by atoms with Crippen molar-refractivity contribution in [2.45, 2.75) is 18.9 Å². The van der Waals surface area contributed by atoms with Gasteiger partial charge in [0, 0.05) is 28.4 Å². The van der Waals surface area contributed by atoms with Gasteiger partial charge in [-0.3, -0.25) is 0 Å². The predicted molar refractivity (Wildman–Crippen MR) is 132 cm³/mol. The molecule has 0 amide bonds. The molecule has 1 aliphatic rings. The normalized spacial score (nSPS) is 14.9. The zero-order valence-corrected chi connectivity index (χ0v) is 18.4. The van der Waals surface area contributed by atoms with Crippen LogP contribution in [-0.4, -0.2) is 27.6 Å². The SMILES string of the molecule is Clc1cccc(-c2nc3c(-c4ccc5ccccc5c4)ccnc3n2C2CCNCC2)c1. The summed E-state index contributed by atoms with van der Waals surface area (Å²) in [5.41, 5.74) is 5.17. The van der Waals surface area contributed by atoms with E-state index in [0.717, 1.165) is 59.6 Å². The Morgan fingerprint density at radius 1 is 0.844 bits per heavy atom. The Balaban J connectivity index is 1.60. The lowest BCUT2D eigenvalue weighted by atomic mass is 10.0. The minimum Gasteiger partial charge on any atom is -0.317 e. The third-order valence-electron chi connectivity index (χ3n) is 6.40. The first-order valence-electron chi connectivity index (χ1n) is 11.1. The zero-order chi connectivity index (χ0) is 21.5. The maximum atomic E-state index is 6.35. The van der Waals surface area contributed by atoms with Gasteiger partial charge in [-0.1, -0.05) is 60.1 Å². The van der Waals surface area contributed by atoms with Gasteiger partial charge in [-0.2, -0.15) is 0 Å². The summed E-state index contributed by atoms with van der Waals surface area (Å²) in [5, 5.41) is 6.65. The van der Waals surface area contributed by atoms with E-state index in [1.54, 1.807) is 0 Å². The maximum Gasteiger partial charge on any atom is 0.161 e. The van der Waals surface area contributed by atoms with Crippen LogP contribution in [0.2, 0.25) is 5.02 Å². The van der Waals surface area contributed by atoms with E-state index in [-0.39, 0.29) is 0 Å². The number of halogens is 1. The fourth-order valence-electron chi connectivity index (χ4n) is 4.82. The quantitative estimate of drug-likeness (QED) is 0.349. The molecule has 1 saturated heterocycles. The lowest BCUT2D eigenvalue weighted by Gasteiger charge is -2.26. The molecule has 5 aromatic rings. The van der Waals surface area contributed by atoms with E-state index < -0.39 is 0 Å². The molecule has 1 fully saturated rings. The molecule has 3 heterocycles. The Hall–Kier alpha value is -3.21. The first kappa shape index (κ1) is 19.5. The van der Waals surface area contributed by atoms with Crippen LogP contribution in [0.5, 0.6) is 0 Å². The topological polar surface area (TPSA) is 42.7 Å². The molecule has 0 radical (unpaired) electrons. The van der Waals surface area contributed by atoms with Crippen molar-refractivity contribution in [2.75, 3.05) is 13.1 Å². The molecule has 3 aromatic carbocycles. The highest BCUT2D eigenvalue weighted by molar-refractivity contribution is 6.30. The molecular formula is C27H23ClN4. The molecule has 4 nitrogen and oxygen atoms in total. The van der Waals surface area contributed by atoms with Crippen LogP contribution in [0.3, 0.4) is 0 Å². The van der Waals surface area contributed by atoms with Crippen molar-refractivity contribution in [3.8, 4) is 22.5 Å². The van der Waals surface area contributed by atoms with Gasteiger partial charge in [0.05, 0.1) is 0 Å². The van der Waals surface area contributed by atoms with Crippen molar-refractivity contribution in [3.05, 3.63) is 84.0 Å². The molecule has 0 unspecified atom stereocenters. The van der Waals surface area contributed by atoms with E-state index in [9.17, 15) is 0 Å². The predicted octanol–water partition coefficient (Wildman–Crippen LogP) is 6.50. The van der Waals surface area contributed by atoms with E-state index in [1.165, 1.54) is 10.8 Å². The molecule has 0 aliphatic carbocycles. The summed E-state index contributed by atoms with van der Waals surface area (Å²) in [6, 6.07) is 25.5. The van der Waals surface area contributed by atoms with E-state index in [1.807, 2.05) is 24.4 Å². The summed E-state index contributed by atoms with van der Waals surface area (Å²) in [6.45, 7) is 2.01. The zero-order valence-electron chi connectivity index (χ0n) is 17.6. The van der Waals surface area contributed by atoms with E-state index in [2.05, 4.69) is 64.5 Å². The van der Waals surface area contributed by atoms with Crippen molar-refractivity contribution < 1.29 is 0 Å². The average molecular weight is 439 g/mol. The number of benzene rings is 3. The number of hydrogen-bond acceptors (Lipinski definition) is 3. The molecule has 1 aliphatic heterocycles. The fourth-order valence-corrected chi connectivity index (χ4v) is 5.01. The Morgan fingerprint density at radius 2 is 1.69 bits per heavy atom. The van der Waals surface area contributed by atoms with Gasteiger partial charge in [0.1, 0.15) is 11.3 Å². The van der Waals surface area contributed by atoms with Gasteiger partial charge < -0.3 is 9.88 Å². The average Bonchev–Trinajstić information content (AvgIpc) is 3.24. The summed E-state index contributed by atoms with van der Waals surface area (Å²) in [7, 11) is 0. The lowest BCUT2D eigenvalue weighted by molar-refractivity contribution is 0.376. The molecule has 0 bridgehead atoms. The van der Waals surface area contributed by atoms with Gasteiger partial charge in [0.15, 0.2) is 5.65 Å². The van der Waals surface area contributed by atoms with E-state index in [4.69, 9.17) is 21.6 Å². The van der Waals surface area contributed by atoms with Crippen molar-refractivity contribution in [3.63, 3.8) is 0 Å². The summed E-state index contributed by atoms with van der Waals surface area (Å²) in [6.07, 6.45) is 4.02. The van der Waals surface area contributed by atoms with Crippen LogP contribution in [0.1, 0.15) is 18.9 Å². The molecule has 0 spiro atoms. The third kappa shape index (κ3) is 3.36. The van der Waals surface area contributed by atoms with Crippen LogP contribution in [0, 0.1) is 0 Å². The van der Waals surface area contributed by atoms with E-state index in [0.29, 0.717) is 11.1 Å². The highest BCUT2D eigenvalue weighted by Gasteiger charge is 2.24. The Labute approximate surface area is 191 Å². The molecule has 6 rings (SSSR count). The number of nitrogens with one attached hydrogen (secondary N) is 1. The largest absolute Gasteiger partial charge is 0.317 e. The monoisotopic (exact) mass is 438 g/mol. The number of aromatic nitrogens is 3. The molecular weight excluding hydrogens is 416 g/mol. The van der Waals surface area contributed by atoms with Gasteiger partial charge in [0.25, 0.3) is 0 Å². The molecule has 5 heteroatoms. The van der Waals surface area contributed by atoms with Crippen molar-refractivity contribution >= 4 is 33.5 Å². The molecule has 158 valence electrons. The van der Waals surface area contributed by atoms with Crippen LogP contribution in [0.25, 0.3) is 44.5 Å². The van der Waals surface area contributed by atoms with Crippen molar-refractivity contribution in [2.24, 2.45) is 0 Å². The Kier molecular flexibility index (Phi) is 4.90. The highest BCUT2D eigenvalue weighted by atomic mass is 35.5. The number of fused-ring (bicyclic) bond motifs is 2.